The van der Waals surface area contributed by atoms with E-state index in [-0.39, 0.29) is 5.75 Å². The molecule has 2 nitrogen and oxygen atoms in total. The highest BCUT2D eigenvalue weighted by molar-refractivity contribution is 6.11. The number of allylic oxidation sites excluding steroid dienone is 1. The molecule has 0 radical (unpaired) electrons. The van der Waals surface area contributed by atoms with Crippen LogP contribution in [0.15, 0.2) is 30.1 Å². The lowest BCUT2D eigenvalue weighted by Gasteiger charge is -2.28. The highest BCUT2D eigenvalue weighted by atomic mass is 19.2. The Labute approximate surface area is 141 Å². The minimum Gasteiger partial charge on any atom is -0.497 e. The Balaban J connectivity index is 2.35. The van der Waals surface area contributed by atoms with Crippen molar-refractivity contribution in [3.8, 4) is 5.75 Å². The van der Waals surface area contributed by atoms with Gasteiger partial charge in [-0.25, -0.2) is 30.7 Å². The maximum absolute atomic E-state index is 15.2. The van der Waals surface area contributed by atoms with Crippen molar-refractivity contribution in [1.29, 1.82) is 0 Å². The lowest BCUT2D eigenvalue weighted by molar-refractivity contribution is 0.0690. The van der Waals surface area contributed by atoms with Crippen LogP contribution >= 0.6 is 0 Å². The molecule has 26 heavy (non-hydrogen) atoms. The lowest BCUT2D eigenvalue weighted by Crippen LogP contribution is -2.37. The van der Waals surface area contributed by atoms with Gasteiger partial charge in [0.25, 0.3) is 5.67 Å². The maximum Gasteiger partial charge on any atom is 0.252 e. The van der Waals surface area contributed by atoms with E-state index < -0.39 is 63.1 Å². The quantitative estimate of drug-likeness (QED) is 0.423. The number of carbonyl (C=O) groups is 1. The van der Waals surface area contributed by atoms with Gasteiger partial charge in [0.1, 0.15) is 5.75 Å². The van der Waals surface area contributed by atoms with E-state index in [1.807, 2.05) is 0 Å². The third kappa shape index (κ3) is 2.16. The van der Waals surface area contributed by atoms with Crippen LogP contribution in [0.2, 0.25) is 0 Å². The number of rotatable bonds is 2. The highest BCUT2D eigenvalue weighted by Crippen LogP contribution is 2.49. The van der Waals surface area contributed by atoms with Crippen molar-refractivity contribution in [1.82, 2.24) is 0 Å². The first kappa shape index (κ1) is 18.0. The van der Waals surface area contributed by atoms with Gasteiger partial charge in [-0.1, -0.05) is 12.1 Å². The molecular weight excluding hydrogens is 369 g/mol. The first-order valence-electron chi connectivity index (χ1n) is 6.96. The summed E-state index contributed by atoms with van der Waals surface area (Å²) < 4.78 is 103. The molecule has 1 atom stereocenters. The number of Topliss-reactive ketones (excluding diaryl/α,β-unsaturated/α-hetero) is 1. The fourth-order valence-electron chi connectivity index (χ4n) is 2.66. The average Bonchev–Trinajstić information content (AvgIpc) is 2.65. The van der Waals surface area contributed by atoms with E-state index in [0.717, 1.165) is 24.3 Å². The molecule has 0 aliphatic heterocycles. The molecule has 0 amide bonds. The SMILES string of the molecule is COc1ccc(C2(F)C(=O)c3c(F)c(F)c(F)c(F)c3C(F)=C2F)cc1. The first-order valence-corrected chi connectivity index (χ1v) is 6.96. The summed E-state index contributed by atoms with van der Waals surface area (Å²) in [4.78, 5) is 12.3. The standard InChI is InChI=1S/C17H7F7O2/c1-26-7-4-2-6(3-5-7)17(24)15(23)12(20)8-9(16(17)25)11(19)14(22)13(21)10(8)18/h2-5H,1H3. The average molecular weight is 376 g/mol. The lowest BCUT2D eigenvalue weighted by atomic mass is 9.79. The first-order chi connectivity index (χ1) is 12.2. The molecule has 0 fully saturated rings. The van der Waals surface area contributed by atoms with Gasteiger partial charge < -0.3 is 4.74 Å². The number of halogens is 7. The summed E-state index contributed by atoms with van der Waals surface area (Å²) in [6.45, 7) is 0. The topological polar surface area (TPSA) is 26.3 Å². The number of methoxy groups -OCH3 is 1. The molecule has 2 aromatic rings. The van der Waals surface area contributed by atoms with Crippen LogP contribution in [-0.4, -0.2) is 12.9 Å². The molecule has 0 N–H and O–H groups in total. The van der Waals surface area contributed by atoms with Gasteiger partial charge in [0.2, 0.25) is 5.78 Å². The monoisotopic (exact) mass is 376 g/mol. The fourth-order valence-corrected chi connectivity index (χ4v) is 2.66. The number of ketones is 1. The van der Waals surface area contributed by atoms with Crippen molar-refractivity contribution in [3.63, 3.8) is 0 Å². The zero-order chi connectivity index (χ0) is 19.4. The van der Waals surface area contributed by atoms with Crippen LogP contribution in [0.25, 0.3) is 5.83 Å². The Morgan fingerprint density at radius 3 is 1.81 bits per heavy atom. The molecule has 136 valence electrons. The van der Waals surface area contributed by atoms with Gasteiger partial charge in [-0.05, 0) is 12.1 Å². The van der Waals surface area contributed by atoms with Gasteiger partial charge in [0.05, 0.1) is 18.2 Å². The van der Waals surface area contributed by atoms with Gasteiger partial charge in [0, 0.05) is 5.56 Å². The number of alkyl halides is 1. The number of hydrogen-bond acceptors (Lipinski definition) is 2. The van der Waals surface area contributed by atoms with Crippen molar-refractivity contribution in [3.05, 3.63) is 70.1 Å². The molecule has 1 aliphatic carbocycles. The van der Waals surface area contributed by atoms with Crippen LogP contribution in [0.4, 0.5) is 30.7 Å². The number of benzene rings is 2. The van der Waals surface area contributed by atoms with Crippen molar-refractivity contribution in [2.24, 2.45) is 0 Å². The van der Waals surface area contributed by atoms with E-state index >= 15 is 4.39 Å². The highest BCUT2D eigenvalue weighted by Gasteiger charge is 2.54. The third-order valence-electron chi connectivity index (χ3n) is 4.01. The molecular formula is C17H7F7O2. The molecule has 0 aromatic heterocycles. The van der Waals surface area contributed by atoms with Crippen LogP contribution in [0.1, 0.15) is 21.5 Å². The van der Waals surface area contributed by atoms with Gasteiger partial charge in [-0.15, -0.1) is 0 Å². The molecule has 2 aromatic carbocycles. The van der Waals surface area contributed by atoms with Gasteiger partial charge in [-0.2, -0.15) is 0 Å². The van der Waals surface area contributed by atoms with Crippen LogP contribution in [-0.2, 0) is 5.67 Å². The molecule has 3 rings (SSSR count). The van der Waals surface area contributed by atoms with E-state index in [9.17, 15) is 31.1 Å². The van der Waals surface area contributed by atoms with E-state index in [0.29, 0.717) is 0 Å². The van der Waals surface area contributed by atoms with Crippen molar-refractivity contribution in [2.45, 2.75) is 5.67 Å². The van der Waals surface area contributed by atoms with Crippen molar-refractivity contribution in [2.75, 3.05) is 7.11 Å². The second-order valence-electron chi connectivity index (χ2n) is 5.35. The van der Waals surface area contributed by atoms with E-state index in [4.69, 9.17) is 4.74 Å². The largest absolute Gasteiger partial charge is 0.497 e. The normalized spacial score (nSPS) is 19.6. The molecule has 1 aliphatic rings. The van der Waals surface area contributed by atoms with Gasteiger partial charge >= 0.3 is 0 Å². The second-order valence-corrected chi connectivity index (χ2v) is 5.35. The Morgan fingerprint density at radius 2 is 1.31 bits per heavy atom. The third-order valence-corrected chi connectivity index (χ3v) is 4.01. The van der Waals surface area contributed by atoms with Crippen LogP contribution in [0.5, 0.6) is 5.75 Å². The Bertz CT molecular complexity index is 966. The Hall–Kier alpha value is -2.84. The molecule has 1 unspecified atom stereocenters. The Kier molecular flexibility index (Phi) is 4.05. The number of fused-ring (bicyclic) bond motifs is 1. The molecule has 0 heterocycles. The maximum atomic E-state index is 15.2. The fraction of sp³-hybridized carbons (Fsp3) is 0.118. The smallest absolute Gasteiger partial charge is 0.252 e. The zero-order valence-corrected chi connectivity index (χ0v) is 12.8. The molecule has 0 bridgehead atoms. The number of hydrogen-bond donors (Lipinski definition) is 0. The molecule has 0 saturated carbocycles. The summed E-state index contributed by atoms with van der Waals surface area (Å²) in [5, 5.41) is 0. The molecule has 0 saturated heterocycles. The number of ether oxygens (including phenoxy) is 1. The van der Waals surface area contributed by atoms with Gasteiger partial charge in [-0.3, -0.25) is 4.79 Å². The van der Waals surface area contributed by atoms with Crippen LogP contribution < -0.4 is 4.74 Å². The van der Waals surface area contributed by atoms with Crippen LogP contribution in [0.3, 0.4) is 0 Å². The summed E-state index contributed by atoms with van der Waals surface area (Å²) in [5.41, 5.74) is -8.21. The van der Waals surface area contributed by atoms with Gasteiger partial charge in [0.15, 0.2) is 34.9 Å². The van der Waals surface area contributed by atoms with E-state index in [2.05, 4.69) is 0 Å². The summed E-state index contributed by atoms with van der Waals surface area (Å²) >= 11 is 0. The summed E-state index contributed by atoms with van der Waals surface area (Å²) in [7, 11) is 1.26. The zero-order valence-electron chi connectivity index (χ0n) is 12.8. The van der Waals surface area contributed by atoms with Crippen LogP contribution in [0, 0.1) is 23.3 Å². The second kappa shape index (κ2) is 5.86. The predicted octanol–water partition coefficient (Wildman–Crippen LogP) is 4.92. The van der Waals surface area contributed by atoms with Crippen molar-refractivity contribution < 1.29 is 40.3 Å². The molecule has 9 heteroatoms. The minimum atomic E-state index is -3.89. The van der Waals surface area contributed by atoms with Crippen molar-refractivity contribution >= 4 is 11.6 Å². The Morgan fingerprint density at radius 1 is 0.808 bits per heavy atom. The molecule has 0 spiro atoms. The summed E-state index contributed by atoms with van der Waals surface area (Å²) in [6, 6.07) is 3.91. The van der Waals surface area contributed by atoms with E-state index in [1.54, 1.807) is 0 Å². The summed E-state index contributed by atoms with van der Waals surface area (Å²) in [6.07, 6.45) is 0. The minimum absolute atomic E-state index is 0.177. The van der Waals surface area contributed by atoms with E-state index in [1.165, 1.54) is 7.11 Å². The summed E-state index contributed by atoms with van der Waals surface area (Å²) in [5.74, 6) is -16.2. The number of carbonyl (C=O) groups excluding carboxylic acids is 1. The predicted molar refractivity (Wildman–Crippen MR) is 75.5 cm³/mol.